The molecule has 0 spiro atoms. The molecule has 0 aliphatic rings. The van der Waals surface area contributed by atoms with Crippen molar-refractivity contribution in [1.82, 2.24) is 0 Å². The van der Waals surface area contributed by atoms with Gasteiger partial charge in [0, 0.05) is 23.9 Å². The number of nitrogens with zero attached hydrogens (tertiary/aromatic N) is 1. The Morgan fingerprint density at radius 1 is 1.24 bits per heavy atom. The molecule has 0 radical (unpaired) electrons. The Kier molecular flexibility index (Phi) is 5.04. The highest BCUT2D eigenvalue weighted by Gasteiger charge is 2.01. The molecule has 0 fully saturated rings. The smallest absolute Gasteiger partial charge is 0.170 e. The van der Waals surface area contributed by atoms with Gasteiger partial charge in [-0.2, -0.15) is 0 Å². The lowest BCUT2D eigenvalue weighted by Gasteiger charge is -2.10. The molecule has 0 saturated carbocycles. The highest BCUT2D eigenvalue weighted by molar-refractivity contribution is 5.97. The molecule has 0 bridgehead atoms. The zero-order valence-corrected chi connectivity index (χ0v) is 11.9. The zero-order chi connectivity index (χ0) is 15.1. The Hall–Kier alpha value is -2.69. The second-order valence-corrected chi connectivity index (χ2v) is 4.50. The van der Waals surface area contributed by atoms with Crippen LogP contribution in [0.1, 0.15) is 18.1 Å². The van der Waals surface area contributed by atoms with Gasteiger partial charge in [0.15, 0.2) is 5.84 Å². The van der Waals surface area contributed by atoms with Crippen LogP contribution in [0.15, 0.2) is 53.7 Å². The lowest BCUT2D eigenvalue weighted by Crippen LogP contribution is -2.13. The number of hydrogen-bond acceptors (Lipinski definition) is 4. The maximum absolute atomic E-state index is 8.70. The number of anilines is 1. The summed E-state index contributed by atoms with van der Waals surface area (Å²) in [4.78, 5) is 0. The number of hydrogen-bond donors (Lipinski definition) is 3. The van der Waals surface area contributed by atoms with Crippen molar-refractivity contribution in [3.63, 3.8) is 0 Å². The van der Waals surface area contributed by atoms with Crippen LogP contribution in [0.2, 0.25) is 0 Å². The quantitative estimate of drug-likeness (QED) is 0.330. The van der Waals surface area contributed by atoms with Gasteiger partial charge in [0.05, 0.1) is 6.61 Å². The molecule has 0 aromatic heterocycles. The van der Waals surface area contributed by atoms with Gasteiger partial charge in [-0.1, -0.05) is 29.4 Å². The van der Waals surface area contributed by atoms with E-state index in [-0.39, 0.29) is 5.84 Å². The summed E-state index contributed by atoms with van der Waals surface area (Å²) in [6, 6.07) is 15.3. The van der Waals surface area contributed by atoms with E-state index in [1.807, 2.05) is 49.4 Å². The van der Waals surface area contributed by atoms with Crippen molar-refractivity contribution in [3.05, 3.63) is 59.7 Å². The molecule has 2 aromatic rings. The van der Waals surface area contributed by atoms with Crippen molar-refractivity contribution in [3.8, 4) is 5.75 Å². The number of amidine groups is 1. The topological polar surface area (TPSA) is 79.9 Å². The molecule has 2 aromatic carbocycles. The lowest BCUT2D eigenvalue weighted by molar-refractivity contribution is 0.318. The van der Waals surface area contributed by atoms with Crippen LogP contribution in [0.5, 0.6) is 5.75 Å². The average Bonchev–Trinajstić information content (AvgIpc) is 2.53. The molecule has 0 amide bonds. The van der Waals surface area contributed by atoms with E-state index in [4.69, 9.17) is 15.7 Å². The van der Waals surface area contributed by atoms with Crippen molar-refractivity contribution >= 4 is 11.5 Å². The van der Waals surface area contributed by atoms with Crippen molar-refractivity contribution in [2.75, 3.05) is 11.9 Å². The van der Waals surface area contributed by atoms with E-state index in [0.717, 1.165) is 17.0 Å². The second kappa shape index (κ2) is 7.19. The molecule has 5 heteroatoms. The minimum atomic E-state index is 0.107. The van der Waals surface area contributed by atoms with Crippen LogP contribution in [0.25, 0.3) is 0 Å². The van der Waals surface area contributed by atoms with Crippen LogP contribution in [0.4, 0.5) is 5.69 Å². The summed E-state index contributed by atoms with van der Waals surface area (Å²) in [7, 11) is 0. The van der Waals surface area contributed by atoms with Gasteiger partial charge >= 0.3 is 0 Å². The van der Waals surface area contributed by atoms with E-state index in [9.17, 15) is 0 Å². The van der Waals surface area contributed by atoms with Gasteiger partial charge in [-0.3, -0.25) is 0 Å². The Labute approximate surface area is 124 Å². The van der Waals surface area contributed by atoms with Gasteiger partial charge < -0.3 is 21.0 Å². The fourth-order valence-corrected chi connectivity index (χ4v) is 1.96. The summed E-state index contributed by atoms with van der Waals surface area (Å²) in [6.45, 7) is 3.24. The molecule has 110 valence electrons. The predicted octanol–water partition coefficient (Wildman–Crippen LogP) is 2.79. The first kappa shape index (κ1) is 14.7. The van der Waals surface area contributed by atoms with E-state index in [1.54, 1.807) is 6.07 Å². The highest BCUT2D eigenvalue weighted by Crippen LogP contribution is 2.18. The van der Waals surface area contributed by atoms with E-state index >= 15 is 0 Å². The molecular weight excluding hydrogens is 266 g/mol. The molecule has 0 unspecified atom stereocenters. The van der Waals surface area contributed by atoms with Gasteiger partial charge in [0.1, 0.15) is 5.75 Å². The van der Waals surface area contributed by atoms with Crippen molar-refractivity contribution in [1.29, 1.82) is 0 Å². The number of nitrogens with two attached hydrogens (primary N) is 1. The Balaban J connectivity index is 2.04. The SMILES string of the molecule is CCOc1cccc(NCc2cccc(C(N)=NO)c2)c1. The Morgan fingerprint density at radius 2 is 2.05 bits per heavy atom. The van der Waals surface area contributed by atoms with Crippen molar-refractivity contribution < 1.29 is 9.94 Å². The maximum atomic E-state index is 8.70. The van der Waals surface area contributed by atoms with Crippen molar-refractivity contribution in [2.24, 2.45) is 10.9 Å². The predicted molar refractivity (Wildman–Crippen MR) is 83.9 cm³/mol. The molecule has 21 heavy (non-hydrogen) atoms. The van der Waals surface area contributed by atoms with Gasteiger partial charge in [0.25, 0.3) is 0 Å². The lowest BCUT2D eigenvalue weighted by atomic mass is 10.1. The maximum Gasteiger partial charge on any atom is 0.170 e. The average molecular weight is 285 g/mol. The third-order valence-corrected chi connectivity index (χ3v) is 2.97. The van der Waals surface area contributed by atoms with Gasteiger partial charge in [-0.25, -0.2) is 0 Å². The summed E-state index contributed by atoms with van der Waals surface area (Å²) in [5, 5.41) is 15.0. The van der Waals surface area contributed by atoms with Gasteiger partial charge in [0.2, 0.25) is 0 Å². The van der Waals surface area contributed by atoms with E-state index < -0.39 is 0 Å². The van der Waals surface area contributed by atoms with Gasteiger partial charge in [-0.15, -0.1) is 0 Å². The third-order valence-electron chi connectivity index (χ3n) is 2.97. The second-order valence-electron chi connectivity index (χ2n) is 4.50. The van der Waals surface area contributed by atoms with Crippen molar-refractivity contribution in [2.45, 2.75) is 13.5 Å². The fourth-order valence-electron chi connectivity index (χ4n) is 1.96. The first-order valence-corrected chi connectivity index (χ1v) is 6.76. The van der Waals surface area contributed by atoms with Gasteiger partial charge in [-0.05, 0) is 30.7 Å². The molecular formula is C16H19N3O2. The number of oxime groups is 1. The zero-order valence-electron chi connectivity index (χ0n) is 11.9. The van der Waals surface area contributed by atoms with Crippen LogP contribution < -0.4 is 15.8 Å². The highest BCUT2D eigenvalue weighted by atomic mass is 16.5. The van der Waals surface area contributed by atoms with Crippen LogP contribution in [0, 0.1) is 0 Å². The van der Waals surface area contributed by atoms with Crippen LogP contribution in [-0.4, -0.2) is 17.6 Å². The largest absolute Gasteiger partial charge is 0.494 e. The fraction of sp³-hybridized carbons (Fsp3) is 0.188. The minimum Gasteiger partial charge on any atom is -0.494 e. The molecule has 0 saturated heterocycles. The summed E-state index contributed by atoms with van der Waals surface area (Å²) >= 11 is 0. The monoisotopic (exact) mass is 285 g/mol. The van der Waals surface area contributed by atoms with E-state index in [0.29, 0.717) is 18.7 Å². The summed E-state index contributed by atoms with van der Waals surface area (Å²) in [5.74, 6) is 0.947. The molecule has 0 aliphatic carbocycles. The van der Waals surface area contributed by atoms with E-state index in [1.165, 1.54) is 0 Å². The number of rotatable bonds is 6. The molecule has 4 N–H and O–H groups in total. The third kappa shape index (κ3) is 4.14. The number of ether oxygens (including phenoxy) is 1. The van der Waals surface area contributed by atoms with Crippen LogP contribution >= 0.6 is 0 Å². The normalized spacial score (nSPS) is 11.2. The standard InChI is InChI=1S/C16H19N3O2/c1-2-21-15-8-4-7-14(10-15)18-11-12-5-3-6-13(9-12)16(17)19-20/h3-10,18,20H,2,11H2,1H3,(H2,17,19). The van der Waals surface area contributed by atoms with E-state index in [2.05, 4.69) is 10.5 Å². The minimum absolute atomic E-state index is 0.107. The number of nitrogens with one attached hydrogen (secondary N) is 1. The summed E-state index contributed by atoms with van der Waals surface area (Å²) < 4.78 is 5.46. The van der Waals surface area contributed by atoms with Crippen LogP contribution in [0.3, 0.4) is 0 Å². The molecule has 0 heterocycles. The summed E-state index contributed by atoms with van der Waals surface area (Å²) in [5.41, 5.74) is 8.31. The molecule has 2 rings (SSSR count). The van der Waals surface area contributed by atoms with Crippen LogP contribution in [-0.2, 0) is 6.54 Å². The molecule has 0 aliphatic heterocycles. The Bertz CT molecular complexity index is 626. The summed E-state index contributed by atoms with van der Waals surface area (Å²) in [6.07, 6.45) is 0. The molecule has 0 atom stereocenters. The number of benzene rings is 2. The molecule has 5 nitrogen and oxygen atoms in total. The first-order chi connectivity index (χ1) is 10.2. The first-order valence-electron chi connectivity index (χ1n) is 6.76. The Morgan fingerprint density at radius 3 is 2.81 bits per heavy atom.